The largest absolute Gasteiger partial charge is 0.493 e. The van der Waals surface area contributed by atoms with Crippen molar-refractivity contribution in [2.75, 3.05) is 20.8 Å². The van der Waals surface area contributed by atoms with Crippen molar-refractivity contribution in [3.8, 4) is 17.6 Å². The Morgan fingerprint density at radius 3 is 2.84 bits per heavy atom. The van der Waals surface area contributed by atoms with Crippen LogP contribution in [0, 0.1) is 11.3 Å². The summed E-state index contributed by atoms with van der Waals surface area (Å²) in [4.78, 5) is 14.1. The van der Waals surface area contributed by atoms with Crippen LogP contribution in [-0.2, 0) is 0 Å². The first-order valence-electron chi connectivity index (χ1n) is 6.14. The molecule has 5 nitrogen and oxygen atoms in total. The zero-order valence-corrected chi connectivity index (χ0v) is 11.0. The lowest BCUT2D eigenvalue weighted by Crippen LogP contribution is -2.34. The van der Waals surface area contributed by atoms with Crippen LogP contribution in [0.1, 0.15) is 23.2 Å². The number of benzene rings is 1. The number of amides is 1. The Morgan fingerprint density at radius 1 is 1.42 bits per heavy atom. The number of rotatable bonds is 3. The van der Waals surface area contributed by atoms with Crippen LogP contribution in [-0.4, -0.2) is 37.6 Å². The number of nitrogens with zero attached hydrogens (tertiary/aromatic N) is 2. The zero-order valence-electron chi connectivity index (χ0n) is 11.0. The van der Waals surface area contributed by atoms with Gasteiger partial charge < -0.3 is 14.4 Å². The Morgan fingerprint density at radius 2 is 2.21 bits per heavy atom. The number of carbonyl (C=O) groups is 1. The van der Waals surface area contributed by atoms with Crippen molar-refractivity contribution in [2.24, 2.45) is 0 Å². The third-order valence-corrected chi connectivity index (χ3v) is 3.30. The molecule has 1 atom stereocenters. The lowest BCUT2D eigenvalue weighted by molar-refractivity contribution is 0.0761. The summed E-state index contributed by atoms with van der Waals surface area (Å²) >= 11 is 0. The summed E-state index contributed by atoms with van der Waals surface area (Å²) in [5.74, 6) is 0.749. The van der Waals surface area contributed by atoms with Crippen LogP contribution in [0.3, 0.4) is 0 Å². The molecule has 0 bridgehead atoms. The average Bonchev–Trinajstić information content (AvgIpc) is 2.93. The maximum absolute atomic E-state index is 12.5. The molecule has 1 saturated heterocycles. The molecule has 0 N–H and O–H groups in total. The average molecular weight is 260 g/mol. The molecular formula is C14H16N2O3. The van der Waals surface area contributed by atoms with Crippen LogP contribution in [0.5, 0.6) is 11.5 Å². The first kappa shape index (κ1) is 13.2. The molecule has 5 heteroatoms. The van der Waals surface area contributed by atoms with Crippen molar-refractivity contribution in [1.29, 1.82) is 5.26 Å². The van der Waals surface area contributed by atoms with Gasteiger partial charge in [0.1, 0.15) is 6.04 Å². The minimum atomic E-state index is -0.344. The second kappa shape index (κ2) is 5.61. The fourth-order valence-corrected chi connectivity index (χ4v) is 2.35. The standard InChI is InChI=1S/C14H16N2O3/c1-18-12-7-3-6-11(13(12)19-2)14(17)16-8-4-5-10(16)9-15/h3,6-7,10H,4-5,8H2,1-2H3. The van der Waals surface area contributed by atoms with Crippen LogP contribution in [0.15, 0.2) is 18.2 Å². The normalized spacial score (nSPS) is 17.9. The maximum Gasteiger partial charge on any atom is 0.258 e. The second-order valence-corrected chi connectivity index (χ2v) is 4.33. The molecule has 100 valence electrons. The summed E-state index contributed by atoms with van der Waals surface area (Å²) in [6, 6.07) is 6.99. The molecule has 1 heterocycles. The van der Waals surface area contributed by atoms with Crippen LogP contribution >= 0.6 is 0 Å². The minimum absolute atomic E-state index is 0.181. The van der Waals surface area contributed by atoms with E-state index in [4.69, 9.17) is 14.7 Å². The summed E-state index contributed by atoms with van der Waals surface area (Å²) in [5.41, 5.74) is 0.434. The Bertz CT molecular complexity index is 522. The van der Waals surface area contributed by atoms with Gasteiger partial charge in [0.15, 0.2) is 11.5 Å². The number of likely N-dealkylation sites (tertiary alicyclic amines) is 1. The Kier molecular flexibility index (Phi) is 3.91. The van der Waals surface area contributed by atoms with Crippen molar-refractivity contribution < 1.29 is 14.3 Å². The van der Waals surface area contributed by atoms with Gasteiger partial charge in [-0.1, -0.05) is 6.07 Å². The number of carbonyl (C=O) groups excluding carboxylic acids is 1. The first-order valence-corrected chi connectivity index (χ1v) is 6.14. The number of methoxy groups -OCH3 is 2. The molecule has 1 amide bonds. The van der Waals surface area contributed by atoms with Gasteiger partial charge >= 0.3 is 0 Å². The van der Waals surface area contributed by atoms with E-state index >= 15 is 0 Å². The molecule has 1 aliphatic heterocycles. The molecule has 0 saturated carbocycles. The van der Waals surface area contributed by atoms with E-state index in [9.17, 15) is 4.79 Å². The quantitative estimate of drug-likeness (QED) is 0.831. The van der Waals surface area contributed by atoms with E-state index in [1.807, 2.05) is 0 Å². The van der Waals surface area contributed by atoms with Gasteiger partial charge in [0.2, 0.25) is 0 Å². The Hall–Kier alpha value is -2.22. The van der Waals surface area contributed by atoms with Gasteiger partial charge in [-0.3, -0.25) is 4.79 Å². The first-order chi connectivity index (χ1) is 9.22. The highest BCUT2D eigenvalue weighted by atomic mass is 16.5. The third kappa shape index (κ3) is 2.34. The van der Waals surface area contributed by atoms with E-state index in [0.29, 0.717) is 23.6 Å². The van der Waals surface area contributed by atoms with Gasteiger partial charge in [0.25, 0.3) is 5.91 Å². The number of hydrogen-bond acceptors (Lipinski definition) is 4. The maximum atomic E-state index is 12.5. The molecule has 0 aromatic heterocycles. The number of hydrogen-bond donors (Lipinski definition) is 0. The summed E-state index contributed by atoms with van der Waals surface area (Å²) in [6.45, 7) is 0.609. The smallest absolute Gasteiger partial charge is 0.258 e. The highest BCUT2D eigenvalue weighted by Crippen LogP contribution is 2.32. The third-order valence-electron chi connectivity index (χ3n) is 3.30. The van der Waals surface area contributed by atoms with E-state index in [1.54, 1.807) is 23.1 Å². The Labute approximate surface area is 112 Å². The van der Waals surface area contributed by atoms with Crippen LogP contribution in [0.25, 0.3) is 0 Å². The highest BCUT2D eigenvalue weighted by Gasteiger charge is 2.31. The monoisotopic (exact) mass is 260 g/mol. The van der Waals surface area contributed by atoms with Crippen molar-refractivity contribution in [2.45, 2.75) is 18.9 Å². The fraction of sp³-hybridized carbons (Fsp3) is 0.429. The molecule has 1 unspecified atom stereocenters. The lowest BCUT2D eigenvalue weighted by Gasteiger charge is -2.21. The molecule has 1 aromatic rings. The van der Waals surface area contributed by atoms with Gasteiger partial charge in [-0.05, 0) is 25.0 Å². The van der Waals surface area contributed by atoms with Crippen molar-refractivity contribution in [3.63, 3.8) is 0 Å². The fourth-order valence-electron chi connectivity index (χ4n) is 2.35. The highest BCUT2D eigenvalue weighted by molar-refractivity contribution is 5.98. The molecule has 1 aliphatic rings. The topological polar surface area (TPSA) is 62.6 Å². The molecule has 1 fully saturated rings. The van der Waals surface area contributed by atoms with Crippen molar-refractivity contribution in [3.05, 3.63) is 23.8 Å². The molecule has 19 heavy (non-hydrogen) atoms. The number of para-hydroxylation sites is 1. The van der Waals surface area contributed by atoms with Crippen LogP contribution in [0.2, 0.25) is 0 Å². The van der Waals surface area contributed by atoms with Gasteiger partial charge in [-0.15, -0.1) is 0 Å². The van der Waals surface area contributed by atoms with Crippen LogP contribution in [0.4, 0.5) is 0 Å². The molecular weight excluding hydrogens is 244 g/mol. The molecule has 1 aromatic carbocycles. The molecule has 0 spiro atoms. The Balaban J connectivity index is 2.36. The summed E-state index contributed by atoms with van der Waals surface area (Å²) in [6.07, 6.45) is 1.59. The molecule has 0 aliphatic carbocycles. The van der Waals surface area contributed by atoms with Crippen molar-refractivity contribution >= 4 is 5.91 Å². The predicted molar refractivity (Wildman–Crippen MR) is 69.2 cm³/mol. The summed E-state index contributed by atoms with van der Waals surface area (Å²) < 4.78 is 10.4. The van der Waals surface area contributed by atoms with E-state index in [1.165, 1.54) is 14.2 Å². The predicted octanol–water partition coefficient (Wildman–Crippen LogP) is 1.83. The second-order valence-electron chi connectivity index (χ2n) is 4.33. The molecule has 0 radical (unpaired) electrons. The van der Waals surface area contributed by atoms with Gasteiger partial charge in [-0.2, -0.15) is 5.26 Å². The van der Waals surface area contributed by atoms with Crippen LogP contribution < -0.4 is 9.47 Å². The number of nitriles is 1. The van der Waals surface area contributed by atoms with Gasteiger partial charge in [0, 0.05) is 6.54 Å². The SMILES string of the molecule is COc1cccc(C(=O)N2CCCC2C#N)c1OC. The van der Waals surface area contributed by atoms with E-state index < -0.39 is 0 Å². The minimum Gasteiger partial charge on any atom is -0.493 e. The number of ether oxygens (including phenoxy) is 2. The lowest BCUT2D eigenvalue weighted by atomic mass is 10.1. The van der Waals surface area contributed by atoms with E-state index in [0.717, 1.165) is 12.8 Å². The van der Waals surface area contributed by atoms with Gasteiger partial charge in [0.05, 0.1) is 25.9 Å². The summed E-state index contributed by atoms with van der Waals surface area (Å²) in [7, 11) is 3.03. The van der Waals surface area contributed by atoms with E-state index in [2.05, 4.69) is 6.07 Å². The molecule has 2 rings (SSSR count). The van der Waals surface area contributed by atoms with Gasteiger partial charge in [-0.25, -0.2) is 0 Å². The summed E-state index contributed by atoms with van der Waals surface area (Å²) in [5, 5.41) is 9.06. The van der Waals surface area contributed by atoms with Crippen molar-refractivity contribution in [1.82, 2.24) is 4.90 Å². The van der Waals surface area contributed by atoms with E-state index in [-0.39, 0.29) is 11.9 Å². The zero-order chi connectivity index (χ0) is 13.8.